The first kappa shape index (κ1) is 17.6. The van der Waals surface area contributed by atoms with Crippen LogP contribution in [0.3, 0.4) is 0 Å². The minimum absolute atomic E-state index is 0.0482. The number of carbonyl (C=O) groups is 1. The molecule has 0 atom stereocenters. The highest BCUT2D eigenvalue weighted by Crippen LogP contribution is 2.20. The van der Waals surface area contributed by atoms with Gasteiger partial charge in [0.25, 0.3) is 5.91 Å². The van der Waals surface area contributed by atoms with Crippen molar-refractivity contribution in [2.24, 2.45) is 0 Å². The van der Waals surface area contributed by atoms with E-state index in [1.54, 1.807) is 0 Å². The molecule has 1 aromatic carbocycles. The molecule has 1 amide bonds. The quantitative estimate of drug-likeness (QED) is 0.796. The fourth-order valence-electron chi connectivity index (χ4n) is 2.81. The lowest BCUT2D eigenvalue weighted by molar-refractivity contribution is 0.0792. The fourth-order valence-corrected chi connectivity index (χ4v) is 3.95. The summed E-state index contributed by atoms with van der Waals surface area (Å²) in [7, 11) is 0. The van der Waals surface area contributed by atoms with Gasteiger partial charge >= 0.3 is 0 Å². The van der Waals surface area contributed by atoms with Gasteiger partial charge in [-0.25, -0.2) is 0 Å². The molecule has 0 unspecified atom stereocenters. The highest BCUT2D eigenvalue weighted by atomic mass is 79.9. The van der Waals surface area contributed by atoms with E-state index in [9.17, 15) is 9.90 Å². The van der Waals surface area contributed by atoms with Crippen LogP contribution in [0.2, 0.25) is 0 Å². The number of likely N-dealkylation sites (tertiary alicyclic amines) is 1. The number of aliphatic hydroxyl groups excluding tert-OH is 1. The summed E-state index contributed by atoms with van der Waals surface area (Å²) in [5, 5.41) is 14.3. The third-order valence-corrected chi connectivity index (χ3v) is 5.77. The maximum absolute atomic E-state index is 12.0. The summed E-state index contributed by atoms with van der Waals surface area (Å²) in [4.78, 5) is 14.4. The van der Waals surface area contributed by atoms with Crippen molar-refractivity contribution in [3.8, 4) is 0 Å². The van der Waals surface area contributed by atoms with Crippen molar-refractivity contribution < 1.29 is 9.90 Å². The van der Waals surface area contributed by atoms with Crippen molar-refractivity contribution in [3.63, 3.8) is 0 Å². The molecule has 2 aromatic rings. The van der Waals surface area contributed by atoms with Crippen molar-refractivity contribution in [1.29, 1.82) is 0 Å². The Morgan fingerprint density at radius 2 is 1.92 bits per heavy atom. The molecule has 128 valence electrons. The zero-order valence-electron chi connectivity index (χ0n) is 13.4. The summed E-state index contributed by atoms with van der Waals surface area (Å²) < 4.78 is 0.960. The summed E-state index contributed by atoms with van der Waals surface area (Å²) in [6, 6.07) is 10.2. The zero-order valence-corrected chi connectivity index (χ0v) is 15.8. The number of amides is 1. The van der Waals surface area contributed by atoms with Crippen LogP contribution in [0, 0.1) is 0 Å². The number of nitrogens with zero attached hydrogens (tertiary/aromatic N) is 1. The lowest BCUT2D eigenvalue weighted by Crippen LogP contribution is -2.35. The molecule has 3 rings (SSSR count). The Hall–Kier alpha value is -1.21. The smallest absolute Gasteiger partial charge is 0.252 e. The standard InChI is InChI=1S/C18H21BrN2O2S/c19-17-9-15(12-24-17)18(23)20-10-13-1-3-14(4-2-13)11-21-7-5-16(22)6-8-21/h1-4,9,12,16,22H,5-8,10-11H2,(H,20,23). The maximum Gasteiger partial charge on any atom is 0.252 e. The second-order valence-electron chi connectivity index (χ2n) is 6.15. The summed E-state index contributed by atoms with van der Waals surface area (Å²) >= 11 is 4.88. The number of halogens is 1. The van der Waals surface area contributed by atoms with E-state index in [1.807, 2.05) is 11.4 Å². The number of piperidine rings is 1. The molecule has 1 saturated heterocycles. The third-order valence-electron chi connectivity index (χ3n) is 4.27. The van der Waals surface area contributed by atoms with E-state index in [-0.39, 0.29) is 12.0 Å². The molecular weight excluding hydrogens is 388 g/mol. The monoisotopic (exact) mass is 408 g/mol. The molecule has 2 N–H and O–H groups in total. The van der Waals surface area contributed by atoms with Crippen LogP contribution in [0.1, 0.15) is 34.3 Å². The molecule has 0 saturated carbocycles. The molecule has 2 heterocycles. The molecular formula is C18H21BrN2O2S. The van der Waals surface area contributed by atoms with Crippen LogP contribution in [0.15, 0.2) is 39.5 Å². The maximum atomic E-state index is 12.0. The van der Waals surface area contributed by atoms with Gasteiger partial charge in [0.15, 0.2) is 0 Å². The molecule has 6 heteroatoms. The average molecular weight is 409 g/mol. The van der Waals surface area contributed by atoms with Gasteiger partial charge in [0.1, 0.15) is 0 Å². The second kappa shape index (κ2) is 8.25. The molecule has 24 heavy (non-hydrogen) atoms. The van der Waals surface area contributed by atoms with Crippen LogP contribution < -0.4 is 5.32 Å². The molecule has 4 nitrogen and oxygen atoms in total. The Kier molecular flexibility index (Phi) is 6.05. The van der Waals surface area contributed by atoms with Crippen LogP contribution >= 0.6 is 27.3 Å². The summed E-state index contributed by atoms with van der Waals surface area (Å²) in [5.74, 6) is -0.0482. The molecule has 0 spiro atoms. The number of hydrogen-bond acceptors (Lipinski definition) is 4. The van der Waals surface area contributed by atoms with Gasteiger partial charge in [0.05, 0.1) is 15.5 Å². The second-order valence-corrected chi connectivity index (χ2v) is 8.44. The lowest BCUT2D eigenvalue weighted by atomic mass is 10.1. The largest absolute Gasteiger partial charge is 0.393 e. The van der Waals surface area contributed by atoms with Crippen LogP contribution in [0.4, 0.5) is 0 Å². The molecule has 1 aliphatic rings. The van der Waals surface area contributed by atoms with Crippen molar-refractivity contribution >= 4 is 33.2 Å². The molecule has 0 aliphatic carbocycles. The lowest BCUT2D eigenvalue weighted by Gasteiger charge is -2.29. The molecule has 0 bridgehead atoms. The average Bonchev–Trinajstić information content (AvgIpc) is 3.03. The van der Waals surface area contributed by atoms with E-state index in [0.717, 1.165) is 41.8 Å². The number of rotatable bonds is 5. The van der Waals surface area contributed by atoms with Gasteiger partial charge in [-0.15, -0.1) is 11.3 Å². The van der Waals surface area contributed by atoms with Gasteiger partial charge < -0.3 is 10.4 Å². The Labute approximate surface area is 154 Å². The van der Waals surface area contributed by atoms with Gasteiger partial charge in [0.2, 0.25) is 0 Å². The van der Waals surface area contributed by atoms with Crippen LogP contribution in [-0.2, 0) is 13.1 Å². The highest BCUT2D eigenvalue weighted by Gasteiger charge is 2.16. The van der Waals surface area contributed by atoms with E-state index in [0.29, 0.717) is 12.1 Å². The summed E-state index contributed by atoms with van der Waals surface area (Å²) in [6.07, 6.45) is 1.60. The number of benzene rings is 1. The number of thiophene rings is 1. The number of nitrogens with one attached hydrogen (secondary N) is 1. The molecule has 1 fully saturated rings. The first-order valence-electron chi connectivity index (χ1n) is 8.10. The van der Waals surface area contributed by atoms with Crippen molar-refractivity contribution in [2.75, 3.05) is 13.1 Å². The van der Waals surface area contributed by atoms with Crippen LogP contribution in [0.25, 0.3) is 0 Å². The Morgan fingerprint density at radius 1 is 1.25 bits per heavy atom. The SMILES string of the molecule is O=C(NCc1ccc(CN2CCC(O)CC2)cc1)c1csc(Br)c1. The van der Waals surface area contributed by atoms with E-state index < -0.39 is 0 Å². The zero-order chi connectivity index (χ0) is 16.9. The van der Waals surface area contributed by atoms with Gasteiger partial charge in [-0.3, -0.25) is 9.69 Å². The molecule has 0 radical (unpaired) electrons. The Morgan fingerprint density at radius 3 is 2.54 bits per heavy atom. The van der Waals surface area contributed by atoms with Crippen molar-refractivity contribution in [3.05, 3.63) is 56.2 Å². The third kappa shape index (κ3) is 4.89. The minimum Gasteiger partial charge on any atom is -0.393 e. The first-order valence-corrected chi connectivity index (χ1v) is 9.78. The fraction of sp³-hybridized carbons (Fsp3) is 0.389. The normalized spacial score (nSPS) is 16.2. The highest BCUT2D eigenvalue weighted by molar-refractivity contribution is 9.11. The number of carbonyl (C=O) groups excluding carboxylic acids is 1. The van der Waals surface area contributed by atoms with Gasteiger partial charge in [-0.05, 0) is 46.0 Å². The predicted molar refractivity (Wildman–Crippen MR) is 100 cm³/mol. The Bertz CT molecular complexity index is 679. The van der Waals surface area contributed by atoms with E-state index in [2.05, 4.69) is 50.4 Å². The number of aliphatic hydroxyl groups is 1. The van der Waals surface area contributed by atoms with E-state index in [4.69, 9.17) is 0 Å². The molecule has 1 aromatic heterocycles. The van der Waals surface area contributed by atoms with Crippen molar-refractivity contribution in [1.82, 2.24) is 10.2 Å². The van der Waals surface area contributed by atoms with Crippen molar-refractivity contribution in [2.45, 2.75) is 32.0 Å². The van der Waals surface area contributed by atoms with E-state index in [1.165, 1.54) is 16.9 Å². The minimum atomic E-state index is -0.129. The number of hydrogen-bond donors (Lipinski definition) is 2. The van der Waals surface area contributed by atoms with Gasteiger partial charge in [0, 0.05) is 31.6 Å². The van der Waals surface area contributed by atoms with Gasteiger partial charge in [-0.1, -0.05) is 24.3 Å². The van der Waals surface area contributed by atoms with Gasteiger partial charge in [-0.2, -0.15) is 0 Å². The van der Waals surface area contributed by atoms with Crippen LogP contribution in [0.5, 0.6) is 0 Å². The summed E-state index contributed by atoms with van der Waals surface area (Å²) in [6.45, 7) is 3.36. The summed E-state index contributed by atoms with van der Waals surface area (Å²) in [5.41, 5.74) is 3.05. The first-order chi connectivity index (χ1) is 11.6. The van der Waals surface area contributed by atoms with E-state index >= 15 is 0 Å². The predicted octanol–water partition coefficient (Wildman–Crippen LogP) is 3.40. The van der Waals surface area contributed by atoms with Crippen LogP contribution in [-0.4, -0.2) is 35.1 Å². The molecule has 1 aliphatic heterocycles. The Balaban J connectivity index is 1.48. The topological polar surface area (TPSA) is 52.6 Å².